The molecular weight excluding hydrogens is 596 g/mol. The lowest BCUT2D eigenvalue weighted by Gasteiger charge is -2.46. The molecule has 3 aromatic carbocycles. The highest BCUT2D eigenvalue weighted by Gasteiger charge is 2.49. The molecule has 8 nitrogen and oxygen atoms in total. The minimum Gasteiger partial charge on any atom is -0.481 e. The maximum absolute atomic E-state index is 11.9. The van der Waals surface area contributed by atoms with Gasteiger partial charge in [-0.25, -0.2) is 0 Å². The molecule has 8 heteroatoms. The van der Waals surface area contributed by atoms with Crippen LogP contribution in [0.4, 0.5) is 0 Å². The number of hydrogen-bond acceptors (Lipinski definition) is 7. The molecule has 0 spiro atoms. The summed E-state index contributed by atoms with van der Waals surface area (Å²) in [5.41, 5.74) is 2.91. The number of aliphatic hydroxyl groups excluding tert-OH is 1. The van der Waals surface area contributed by atoms with Crippen molar-refractivity contribution in [1.29, 1.82) is 0 Å². The average Bonchev–Trinajstić information content (AvgIpc) is 3.10. The molecule has 256 valence electrons. The van der Waals surface area contributed by atoms with Gasteiger partial charge >= 0.3 is 5.97 Å². The van der Waals surface area contributed by atoms with Crippen LogP contribution in [-0.2, 0) is 48.3 Å². The van der Waals surface area contributed by atoms with Crippen molar-refractivity contribution in [1.82, 2.24) is 0 Å². The fourth-order valence-corrected chi connectivity index (χ4v) is 5.93. The molecule has 6 atom stereocenters. The number of aliphatic hydroxyl groups is 1. The molecule has 1 saturated heterocycles. The number of unbranched alkanes of at least 4 members (excludes halogenated alkanes) is 6. The highest BCUT2D eigenvalue weighted by atomic mass is 16.7. The summed E-state index contributed by atoms with van der Waals surface area (Å²) in [6.45, 7) is 2.69. The van der Waals surface area contributed by atoms with Crippen molar-refractivity contribution < 1.29 is 38.7 Å². The first kappa shape index (κ1) is 36.7. The second-order valence-electron chi connectivity index (χ2n) is 12.3. The third kappa shape index (κ3) is 12.8. The molecule has 1 aliphatic rings. The van der Waals surface area contributed by atoms with Gasteiger partial charge in [-0.2, -0.15) is 0 Å². The monoisotopic (exact) mass is 648 g/mol. The first-order valence-corrected chi connectivity index (χ1v) is 17.2. The number of aliphatic carboxylic acids is 1. The zero-order chi connectivity index (χ0) is 33.1. The smallest absolute Gasteiger partial charge is 0.305 e. The fraction of sp³-hybridized carbons (Fsp3) is 0.513. The van der Waals surface area contributed by atoms with Crippen LogP contribution in [0, 0.1) is 0 Å². The molecule has 0 bridgehead atoms. The number of carboxylic acid groups (broad SMARTS) is 1. The van der Waals surface area contributed by atoms with Crippen molar-refractivity contribution >= 4 is 5.97 Å². The first-order valence-electron chi connectivity index (χ1n) is 17.2. The Labute approximate surface area is 280 Å². The van der Waals surface area contributed by atoms with E-state index in [1.807, 2.05) is 91.0 Å². The highest BCUT2D eigenvalue weighted by Crippen LogP contribution is 2.32. The third-order valence-electron chi connectivity index (χ3n) is 8.49. The summed E-state index contributed by atoms with van der Waals surface area (Å²) in [4.78, 5) is 11.9. The molecule has 1 heterocycles. The normalized spacial score (nSPS) is 21.8. The minimum absolute atomic E-state index is 0.158. The molecule has 4 rings (SSSR count). The third-order valence-corrected chi connectivity index (χ3v) is 8.49. The second kappa shape index (κ2) is 21.0. The Bertz CT molecular complexity index is 1240. The van der Waals surface area contributed by atoms with E-state index in [0.29, 0.717) is 6.42 Å². The van der Waals surface area contributed by atoms with Gasteiger partial charge in [-0.3, -0.25) is 4.79 Å². The summed E-state index contributed by atoms with van der Waals surface area (Å²) in [5.74, 6) is -0.935. The van der Waals surface area contributed by atoms with Gasteiger partial charge in [0.1, 0.15) is 24.4 Å². The van der Waals surface area contributed by atoms with Crippen LogP contribution >= 0.6 is 0 Å². The second-order valence-corrected chi connectivity index (χ2v) is 12.3. The molecule has 1 aliphatic heterocycles. The molecule has 1 fully saturated rings. The van der Waals surface area contributed by atoms with E-state index in [9.17, 15) is 15.0 Å². The average molecular weight is 649 g/mol. The molecule has 47 heavy (non-hydrogen) atoms. The van der Waals surface area contributed by atoms with E-state index in [1.165, 1.54) is 25.7 Å². The van der Waals surface area contributed by atoms with Gasteiger partial charge < -0.3 is 33.9 Å². The zero-order valence-electron chi connectivity index (χ0n) is 27.7. The number of carbonyl (C=O) groups is 1. The fourth-order valence-electron chi connectivity index (χ4n) is 5.93. The first-order chi connectivity index (χ1) is 23.1. The zero-order valence-corrected chi connectivity index (χ0v) is 27.7. The Kier molecular flexibility index (Phi) is 16.4. The van der Waals surface area contributed by atoms with Crippen molar-refractivity contribution in [3.8, 4) is 0 Å². The molecule has 0 aliphatic carbocycles. The Morgan fingerprint density at radius 3 is 1.64 bits per heavy atom. The van der Waals surface area contributed by atoms with E-state index in [4.69, 9.17) is 23.7 Å². The minimum atomic E-state index is -0.984. The van der Waals surface area contributed by atoms with Crippen LogP contribution in [0.5, 0.6) is 0 Å². The molecule has 0 amide bonds. The molecule has 0 radical (unpaired) electrons. The lowest BCUT2D eigenvalue weighted by atomic mass is 9.97. The predicted octanol–water partition coefficient (Wildman–Crippen LogP) is 7.46. The predicted molar refractivity (Wildman–Crippen MR) is 181 cm³/mol. The van der Waals surface area contributed by atoms with Gasteiger partial charge in [-0.05, 0) is 23.1 Å². The summed E-state index contributed by atoms with van der Waals surface area (Å²) < 4.78 is 32.5. The number of ether oxygens (including phenoxy) is 5. The van der Waals surface area contributed by atoms with Gasteiger partial charge in [-0.15, -0.1) is 0 Å². The molecule has 2 N–H and O–H groups in total. The van der Waals surface area contributed by atoms with E-state index >= 15 is 0 Å². The maximum atomic E-state index is 11.9. The quantitative estimate of drug-likeness (QED) is 0.108. The summed E-state index contributed by atoms with van der Waals surface area (Å²) in [6.07, 6.45) is 3.74. The van der Waals surface area contributed by atoms with E-state index in [1.54, 1.807) is 0 Å². The largest absolute Gasteiger partial charge is 0.481 e. The summed E-state index contributed by atoms with van der Waals surface area (Å²) in [6, 6.07) is 29.5. The number of rotatable bonds is 22. The standard InChI is InChI=1S/C39H52O8/c1-2-3-4-5-6-7-17-24-33(25-35(41)42)46-39-38(45-29-32-22-15-10-16-23-32)37(44-28-31-20-13-9-14-21-31)36(34(26-40)47-39)43-27-30-18-11-8-12-19-30/h8-16,18-23,33-34,36-40H,2-7,17,24-29H2,1H3,(H,41,42)/t33-,34-,36+,37+,38-,39-/m1/s1. The number of benzene rings is 3. The van der Waals surface area contributed by atoms with Gasteiger partial charge in [0.25, 0.3) is 0 Å². The SMILES string of the molecule is CCCCCCCCC[C@H](CC(=O)O)O[C@@H]1O[C@H](CO)[C@H](OCc2ccccc2)[C@H](OCc2ccccc2)[C@H]1OCc1ccccc1. The van der Waals surface area contributed by atoms with Gasteiger partial charge in [0.2, 0.25) is 0 Å². The van der Waals surface area contributed by atoms with E-state index < -0.39 is 42.8 Å². The molecule has 3 aromatic rings. The summed E-state index contributed by atoms with van der Waals surface area (Å²) in [5, 5.41) is 20.3. The summed E-state index contributed by atoms with van der Waals surface area (Å²) >= 11 is 0. The van der Waals surface area contributed by atoms with E-state index in [0.717, 1.165) is 36.0 Å². The van der Waals surface area contributed by atoms with Crippen LogP contribution in [0.15, 0.2) is 91.0 Å². The Morgan fingerprint density at radius 1 is 0.681 bits per heavy atom. The van der Waals surface area contributed by atoms with Crippen LogP contribution in [0.3, 0.4) is 0 Å². The Balaban J connectivity index is 1.57. The lowest BCUT2D eigenvalue weighted by Crippen LogP contribution is -2.62. The lowest BCUT2D eigenvalue weighted by molar-refractivity contribution is -0.335. The Hall–Kier alpha value is -3.11. The van der Waals surface area contributed by atoms with Gasteiger partial charge in [-0.1, -0.05) is 143 Å². The topological polar surface area (TPSA) is 104 Å². The van der Waals surface area contributed by atoms with Crippen molar-refractivity contribution in [3.05, 3.63) is 108 Å². The highest BCUT2D eigenvalue weighted by molar-refractivity contribution is 5.67. The molecule has 0 saturated carbocycles. The molecule has 0 aromatic heterocycles. The van der Waals surface area contributed by atoms with Crippen molar-refractivity contribution in [2.24, 2.45) is 0 Å². The molecule has 0 unspecified atom stereocenters. The van der Waals surface area contributed by atoms with Gasteiger partial charge in [0, 0.05) is 0 Å². The van der Waals surface area contributed by atoms with Crippen LogP contribution < -0.4 is 0 Å². The number of carboxylic acids is 1. The van der Waals surface area contributed by atoms with E-state index in [2.05, 4.69) is 6.92 Å². The number of hydrogen-bond donors (Lipinski definition) is 2. The van der Waals surface area contributed by atoms with Crippen molar-refractivity contribution in [3.63, 3.8) is 0 Å². The van der Waals surface area contributed by atoms with E-state index in [-0.39, 0.29) is 32.8 Å². The van der Waals surface area contributed by atoms with Crippen LogP contribution in [0.25, 0.3) is 0 Å². The molecular formula is C39H52O8. The van der Waals surface area contributed by atoms with Gasteiger partial charge in [0.05, 0.1) is 39.0 Å². The van der Waals surface area contributed by atoms with Crippen LogP contribution in [-0.4, -0.2) is 59.6 Å². The van der Waals surface area contributed by atoms with Crippen molar-refractivity contribution in [2.75, 3.05) is 6.61 Å². The van der Waals surface area contributed by atoms with Gasteiger partial charge in [0.15, 0.2) is 6.29 Å². The maximum Gasteiger partial charge on any atom is 0.305 e. The summed E-state index contributed by atoms with van der Waals surface area (Å²) in [7, 11) is 0. The Morgan fingerprint density at radius 2 is 1.15 bits per heavy atom. The van der Waals surface area contributed by atoms with Crippen LogP contribution in [0.2, 0.25) is 0 Å². The van der Waals surface area contributed by atoms with Crippen LogP contribution in [0.1, 0.15) is 81.4 Å². The van der Waals surface area contributed by atoms with Crippen molar-refractivity contribution in [2.45, 2.75) is 121 Å².